The fraction of sp³-hybridized carbons (Fsp3) is 0.550. The zero-order valence-electron chi connectivity index (χ0n) is 14.5. The average molecular weight is 320 g/mol. The molecule has 0 heterocycles. The molecule has 0 fully saturated rings. The Hall–Kier alpha value is -1.61. The predicted molar refractivity (Wildman–Crippen MR) is 97.6 cm³/mol. The highest BCUT2D eigenvalue weighted by atomic mass is 16.5. The van der Waals surface area contributed by atoms with Crippen LogP contribution >= 0.6 is 0 Å². The zero-order chi connectivity index (χ0) is 17.0. The van der Waals surface area contributed by atoms with Crippen LogP contribution in [0.1, 0.15) is 58.3 Å². The molecule has 0 saturated heterocycles. The lowest BCUT2D eigenvalue weighted by atomic mass is 10.2. The summed E-state index contributed by atoms with van der Waals surface area (Å²) in [5, 5.41) is 8.39. The molecule has 1 N–H and O–H groups in total. The molecule has 0 unspecified atom stereocenters. The van der Waals surface area contributed by atoms with Crippen molar-refractivity contribution in [1.82, 2.24) is 0 Å². The molecule has 3 nitrogen and oxygen atoms in total. The van der Waals surface area contributed by atoms with Crippen molar-refractivity contribution in [2.24, 2.45) is 0 Å². The molecule has 0 bridgehead atoms. The van der Waals surface area contributed by atoms with Crippen LogP contribution in [0, 0.1) is 0 Å². The molecule has 23 heavy (non-hydrogen) atoms. The van der Waals surface area contributed by atoms with Crippen LogP contribution in [0.25, 0.3) is 0 Å². The first kappa shape index (κ1) is 21.4. The molecule has 0 spiro atoms. The Bertz CT molecular complexity index is 378. The highest BCUT2D eigenvalue weighted by molar-refractivity contribution is 5.67. The van der Waals surface area contributed by atoms with Crippen LogP contribution in [0.5, 0.6) is 0 Å². The van der Waals surface area contributed by atoms with Crippen LogP contribution in [0.4, 0.5) is 0 Å². The van der Waals surface area contributed by atoms with Gasteiger partial charge < -0.3 is 9.84 Å². The second-order valence-corrected chi connectivity index (χ2v) is 5.32. The van der Waals surface area contributed by atoms with Gasteiger partial charge in [-0.2, -0.15) is 0 Å². The Morgan fingerprint density at radius 1 is 0.826 bits per heavy atom. The SMILES string of the molecule is CCCCC/C=C\C/C=C\C/C=C\C/C=C\CCOCC(=O)O. The summed E-state index contributed by atoms with van der Waals surface area (Å²) >= 11 is 0. The minimum absolute atomic E-state index is 0.214. The van der Waals surface area contributed by atoms with E-state index in [1.807, 2.05) is 6.08 Å². The third-order valence-electron chi connectivity index (χ3n) is 3.11. The number of hydrogen-bond acceptors (Lipinski definition) is 2. The van der Waals surface area contributed by atoms with Gasteiger partial charge in [-0.25, -0.2) is 4.79 Å². The van der Waals surface area contributed by atoms with Crippen LogP contribution in [-0.2, 0) is 9.53 Å². The fourth-order valence-corrected chi connectivity index (χ4v) is 1.87. The first-order chi connectivity index (χ1) is 11.3. The number of unbranched alkanes of at least 4 members (excludes halogenated alkanes) is 3. The van der Waals surface area contributed by atoms with Crippen molar-refractivity contribution >= 4 is 5.97 Å². The van der Waals surface area contributed by atoms with Gasteiger partial charge in [0.2, 0.25) is 0 Å². The van der Waals surface area contributed by atoms with Crippen molar-refractivity contribution in [2.45, 2.75) is 58.3 Å². The largest absolute Gasteiger partial charge is 0.480 e. The number of carboxylic acid groups (broad SMARTS) is 1. The van der Waals surface area contributed by atoms with Gasteiger partial charge in [0.05, 0.1) is 6.61 Å². The van der Waals surface area contributed by atoms with Crippen molar-refractivity contribution in [3.8, 4) is 0 Å². The van der Waals surface area contributed by atoms with E-state index >= 15 is 0 Å². The lowest BCUT2D eigenvalue weighted by Crippen LogP contribution is -2.07. The predicted octanol–water partition coefficient (Wildman–Crippen LogP) is 5.45. The molecule has 130 valence electrons. The van der Waals surface area contributed by atoms with Crippen molar-refractivity contribution in [1.29, 1.82) is 0 Å². The first-order valence-electron chi connectivity index (χ1n) is 8.67. The van der Waals surface area contributed by atoms with E-state index in [9.17, 15) is 4.79 Å². The van der Waals surface area contributed by atoms with Crippen molar-refractivity contribution in [3.63, 3.8) is 0 Å². The van der Waals surface area contributed by atoms with Crippen LogP contribution < -0.4 is 0 Å². The van der Waals surface area contributed by atoms with E-state index in [1.165, 1.54) is 25.7 Å². The van der Waals surface area contributed by atoms with Gasteiger partial charge in [-0.3, -0.25) is 0 Å². The number of carbonyl (C=O) groups is 1. The molecular weight excluding hydrogens is 288 g/mol. The van der Waals surface area contributed by atoms with E-state index in [0.29, 0.717) is 6.61 Å². The normalized spacial score (nSPS) is 12.4. The molecule has 0 aromatic heterocycles. The second kappa shape index (κ2) is 18.4. The number of hydrogen-bond donors (Lipinski definition) is 1. The standard InChI is InChI=1S/C20H32O3/c1-2-3-4-5-6-7-8-9-10-11-12-13-14-15-16-17-18-23-19-20(21)22/h6-7,9-10,12-13,15-16H,2-5,8,11,14,17-19H2,1H3,(H,21,22)/b7-6-,10-9-,13-12-,16-15-. The summed E-state index contributed by atoms with van der Waals surface area (Å²) in [6.45, 7) is 2.47. The highest BCUT2D eigenvalue weighted by Crippen LogP contribution is 2.00. The molecule has 0 aliphatic rings. The van der Waals surface area contributed by atoms with Gasteiger partial charge in [0, 0.05) is 0 Å². The van der Waals surface area contributed by atoms with Gasteiger partial charge >= 0.3 is 5.97 Å². The molecule has 0 aliphatic heterocycles. The molecule has 3 heteroatoms. The fourth-order valence-electron chi connectivity index (χ4n) is 1.87. The van der Waals surface area contributed by atoms with Gasteiger partial charge in [-0.05, 0) is 38.5 Å². The molecule has 0 aromatic carbocycles. The third-order valence-corrected chi connectivity index (χ3v) is 3.11. The van der Waals surface area contributed by atoms with Crippen LogP contribution in [0.3, 0.4) is 0 Å². The average Bonchev–Trinajstić information content (AvgIpc) is 2.53. The number of carboxylic acids is 1. The van der Waals surface area contributed by atoms with Gasteiger partial charge in [-0.15, -0.1) is 0 Å². The zero-order valence-corrected chi connectivity index (χ0v) is 14.5. The molecule has 0 saturated carbocycles. The lowest BCUT2D eigenvalue weighted by Gasteiger charge is -1.95. The topological polar surface area (TPSA) is 46.5 Å². The van der Waals surface area contributed by atoms with Gasteiger partial charge in [0.1, 0.15) is 6.61 Å². The van der Waals surface area contributed by atoms with Crippen molar-refractivity contribution in [2.75, 3.05) is 13.2 Å². The molecule has 0 atom stereocenters. The van der Waals surface area contributed by atoms with E-state index in [4.69, 9.17) is 9.84 Å². The quantitative estimate of drug-likeness (QED) is 0.322. The van der Waals surface area contributed by atoms with Crippen LogP contribution in [0.15, 0.2) is 48.6 Å². The third kappa shape index (κ3) is 20.4. The van der Waals surface area contributed by atoms with Crippen molar-refractivity contribution in [3.05, 3.63) is 48.6 Å². The smallest absolute Gasteiger partial charge is 0.329 e. The van der Waals surface area contributed by atoms with Gasteiger partial charge in [0.15, 0.2) is 0 Å². The minimum Gasteiger partial charge on any atom is -0.480 e. The molecule has 0 amide bonds. The Morgan fingerprint density at radius 3 is 1.87 bits per heavy atom. The number of allylic oxidation sites excluding steroid dienone is 7. The van der Waals surface area contributed by atoms with Crippen molar-refractivity contribution < 1.29 is 14.6 Å². The molecular formula is C20H32O3. The van der Waals surface area contributed by atoms with E-state index < -0.39 is 5.97 Å². The summed E-state index contributed by atoms with van der Waals surface area (Å²) in [4.78, 5) is 10.2. The first-order valence-corrected chi connectivity index (χ1v) is 8.67. The summed E-state index contributed by atoms with van der Waals surface area (Å²) in [6.07, 6.45) is 26.1. The van der Waals surface area contributed by atoms with E-state index in [1.54, 1.807) is 0 Å². The molecule has 0 radical (unpaired) electrons. The van der Waals surface area contributed by atoms with E-state index in [0.717, 1.165) is 25.7 Å². The Kier molecular flexibility index (Phi) is 17.1. The number of ether oxygens (including phenoxy) is 1. The van der Waals surface area contributed by atoms with Gasteiger partial charge in [0.25, 0.3) is 0 Å². The maximum absolute atomic E-state index is 10.2. The van der Waals surface area contributed by atoms with E-state index in [2.05, 4.69) is 49.5 Å². The maximum Gasteiger partial charge on any atom is 0.329 e. The summed E-state index contributed by atoms with van der Waals surface area (Å²) in [7, 11) is 0. The molecule has 0 aliphatic carbocycles. The molecule has 0 aromatic rings. The highest BCUT2D eigenvalue weighted by Gasteiger charge is 1.93. The number of rotatable bonds is 15. The Balaban J connectivity index is 3.39. The molecule has 0 rings (SSSR count). The number of aliphatic carboxylic acids is 1. The summed E-state index contributed by atoms with van der Waals surface area (Å²) in [5.74, 6) is -0.919. The second-order valence-electron chi connectivity index (χ2n) is 5.32. The Labute approximate surface area is 141 Å². The van der Waals surface area contributed by atoms with Crippen LogP contribution in [-0.4, -0.2) is 24.3 Å². The summed E-state index contributed by atoms with van der Waals surface area (Å²) in [6, 6.07) is 0. The monoisotopic (exact) mass is 320 g/mol. The summed E-state index contributed by atoms with van der Waals surface area (Å²) in [5.41, 5.74) is 0. The van der Waals surface area contributed by atoms with Gasteiger partial charge in [-0.1, -0.05) is 68.4 Å². The van der Waals surface area contributed by atoms with Crippen LogP contribution in [0.2, 0.25) is 0 Å². The lowest BCUT2D eigenvalue weighted by molar-refractivity contribution is -0.142. The van der Waals surface area contributed by atoms with E-state index in [-0.39, 0.29) is 6.61 Å². The maximum atomic E-state index is 10.2. The summed E-state index contributed by atoms with van der Waals surface area (Å²) < 4.78 is 4.93. The Morgan fingerprint density at radius 2 is 1.35 bits per heavy atom. The minimum atomic E-state index is -0.919.